The molecule has 1 heterocycles. The first-order chi connectivity index (χ1) is 11.2. The summed E-state index contributed by atoms with van der Waals surface area (Å²) in [5.41, 5.74) is 2.47. The molecule has 1 aromatic carbocycles. The first-order valence-corrected chi connectivity index (χ1v) is 8.44. The van der Waals surface area contributed by atoms with Crippen LogP contribution in [0.1, 0.15) is 55.6 Å². The van der Waals surface area contributed by atoms with Gasteiger partial charge >= 0.3 is 0 Å². The van der Waals surface area contributed by atoms with Crippen molar-refractivity contribution in [3.8, 4) is 12.3 Å². The van der Waals surface area contributed by atoms with Crippen LogP contribution < -0.4 is 5.32 Å². The van der Waals surface area contributed by atoms with Gasteiger partial charge in [-0.15, -0.1) is 12.3 Å². The van der Waals surface area contributed by atoms with Gasteiger partial charge in [0.25, 0.3) is 0 Å². The molecule has 23 heavy (non-hydrogen) atoms. The predicted molar refractivity (Wildman–Crippen MR) is 90.0 cm³/mol. The first-order valence-electron chi connectivity index (χ1n) is 8.44. The molecule has 120 valence electrons. The van der Waals surface area contributed by atoms with Gasteiger partial charge < -0.3 is 5.32 Å². The van der Waals surface area contributed by atoms with Crippen LogP contribution >= 0.6 is 0 Å². The summed E-state index contributed by atoms with van der Waals surface area (Å²) in [5.74, 6) is 3.14. The van der Waals surface area contributed by atoms with Crippen molar-refractivity contribution in [3.05, 3.63) is 35.4 Å². The number of carbonyl (C=O) groups is 1. The highest BCUT2D eigenvalue weighted by atomic mass is 16.1. The van der Waals surface area contributed by atoms with Crippen LogP contribution in [-0.2, 0) is 11.2 Å². The van der Waals surface area contributed by atoms with E-state index in [-0.39, 0.29) is 11.6 Å². The number of rotatable bonds is 7. The Labute approximate surface area is 137 Å². The largest absolute Gasteiger partial charge is 0.355 e. The predicted octanol–water partition coefficient (Wildman–Crippen LogP) is 3.58. The van der Waals surface area contributed by atoms with Crippen LogP contribution in [0.3, 0.4) is 0 Å². The Kier molecular flexibility index (Phi) is 4.76. The molecule has 1 aromatic rings. The molecular formula is C19H23N3O. The molecule has 4 heteroatoms. The molecule has 1 aliphatic carbocycles. The summed E-state index contributed by atoms with van der Waals surface area (Å²) in [4.78, 5) is 12.1. The van der Waals surface area contributed by atoms with E-state index in [0.29, 0.717) is 25.2 Å². The zero-order valence-corrected chi connectivity index (χ0v) is 13.4. The highest BCUT2D eigenvalue weighted by molar-refractivity contribution is 5.76. The Bertz CT molecular complexity index is 638. The summed E-state index contributed by atoms with van der Waals surface area (Å²) < 4.78 is 0. The lowest BCUT2D eigenvalue weighted by Gasteiger charge is -2.25. The Hall–Kier alpha value is -2.15. The number of hydrogen-bond donors (Lipinski definition) is 1. The molecule has 0 radical (unpaired) electrons. The maximum Gasteiger partial charge on any atom is 0.220 e. The summed E-state index contributed by atoms with van der Waals surface area (Å²) in [6.45, 7) is 0.724. The fourth-order valence-corrected chi connectivity index (χ4v) is 3.37. The van der Waals surface area contributed by atoms with Gasteiger partial charge in [0.2, 0.25) is 5.91 Å². The van der Waals surface area contributed by atoms with Crippen molar-refractivity contribution in [3.63, 3.8) is 0 Å². The van der Waals surface area contributed by atoms with E-state index in [1.807, 2.05) is 0 Å². The van der Waals surface area contributed by atoms with E-state index in [4.69, 9.17) is 6.42 Å². The number of amides is 1. The van der Waals surface area contributed by atoms with Gasteiger partial charge in [-0.1, -0.05) is 24.3 Å². The normalized spacial score (nSPS) is 20.4. The van der Waals surface area contributed by atoms with Gasteiger partial charge in [-0.25, -0.2) is 0 Å². The van der Waals surface area contributed by atoms with Gasteiger partial charge in [-0.3, -0.25) is 4.79 Å². The summed E-state index contributed by atoms with van der Waals surface area (Å²) in [6, 6.07) is 8.58. The summed E-state index contributed by atoms with van der Waals surface area (Å²) in [7, 11) is 0. The third-order valence-electron chi connectivity index (χ3n) is 4.84. The number of terminal acetylenes is 1. The van der Waals surface area contributed by atoms with Crippen LogP contribution in [0.25, 0.3) is 0 Å². The Morgan fingerprint density at radius 3 is 2.96 bits per heavy atom. The van der Waals surface area contributed by atoms with E-state index in [1.165, 1.54) is 17.5 Å². The maximum atomic E-state index is 12.1. The maximum absolute atomic E-state index is 12.1. The molecule has 0 fully saturated rings. The van der Waals surface area contributed by atoms with Crippen LogP contribution in [0.4, 0.5) is 0 Å². The van der Waals surface area contributed by atoms with Gasteiger partial charge in [0.05, 0.1) is 0 Å². The average molecular weight is 309 g/mol. The van der Waals surface area contributed by atoms with Crippen molar-refractivity contribution in [2.24, 2.45) is 10.2 Å². The Morgan fingerprint density at radius 1 is 1.35 bits per heavy atom. The van der Waals surface area contributed by atoms with Gasteiger partial charge in [0, 0.05) is 38.1 Å². The number of aryl methyl sites for hydroxylation is 1. The van der Waals surface area contributed by atoms with Crippen molar-refractivity contribution < 1.29 is 4.79 Å². The lowest BCUT2D eigenvalue weighted by atomic mass is 9.83. The zero-order chi connectivity index (χ0) is 16.1. The molecule has 1 amide bonds. The van der Waals surface area contributed by atoms with E-state index >= 15 is 0 Å². The van der Waals surface area contributed by atoms with Crippen molar-refractivity contribution in [1.29, 1.82) is 0 Å². The van der Waals surface area contributed by atoms with Crippen molar-refractivity contribution in [1.82, 2.24) is 5.32 Å². The third-order valence-corrected chi connectivity index (χ3v) is 4.84. The van der Waals surface area contributed by atoms with Crippen LogP contribution in [0, 0.1) is 12.3 Å². The minimum Gasteiger partial charge on any atom is -0.355 e. The SMILES string of the molecule is C#CCCC1(CCC(=O)NCC2CCCc3ccccc32)N=N1. The van der Waals surface area contributed by atoms with Crippen molar-refractivity contribution in [2.75, 3.05) is 6.54 Å². The minimum absolute atomic E-state index is 0.0884. The molecule has 3 rings (SSSR count). The monoisotopic (exact) mass is 309 g/mol. The van der Waals surface area contributed by atoms with E-state index in [9.17, 15) is 4.79 Å². The van der Waals surface area contributed by atoms with E-state index in [0.717, 1.165) is 25.8 Å². The second-order valence-electron chi connectivity index (χ2n) is 6.48. The van der Waals surface area contributed by atoms with Crippen LogP contribution in [0.15, 0.2) is 34.5 Å². The molecule has 2 aliphatic rings. The zero-order valence-electron chi connectivity index (χ0n) is 13.4. The van der Waals surface area contributed by atoms with Gasteiger partial charge in [0.15, 0.2) is 5.66 Å². The van der Waals surface area contributed by atoms with Gasteiger partial charge in [-0.2, -0.15) is 10.2 Å². The fourth-order valence-electron chi connectivity index (χ4n) is 3.37. The van der Waals surface area contributed by atoms with Crippen LogP contribution in [0.2, 0.25) is 0 Å². The number of nitrogens with zero attached hydrogens (tertiary/aromatic N) is 2. The quantitative estimate of drug-likeness (QED) is 0.769. The Morgan fingerprint density at radius 2 is 2.17 bits per heavy atom. The highest BCUT2D eigenvalue weighted by Gasteiger charge is 2.39. The molecular weight excluding hydrogens is 286 g/mol. The fraction of sp³-hybridized carbons (Fsp3) is 0.526. The topological polar surface area (TPSA) is 53.8 Å². The van der Waals surface area contributed by atoms with E-state index < -0.39 is 0 Å². The van der Waals surface area contributed by atoms with Gasteiger partial charge in [-0.05, 0) is 30.4 Å². The van der Waals surface area contributed by atoms with Crippen LogP contribution in [-0.4, -0.2) is 18.1 Å². The lowest BCUT2D eigenvalue weighted by Crippen LogP contribution is -2.30. The van der Waals surface area contributed by atoms with Crippen molar-refractivity contribution in [2.45, 2.75) is 56.5 Å². The summed E-state index contributed by atoms with van der Waals surface area (Å²) >= 11 is 0. The Balaban J connectivity index is 1.44. The smallest absolute Gasteiger partial charge is 0.220 e. The molecule has 0 saturated carbocycles. The summed E-state index contributed by atoms with van der Waals surface area (Å²) in [5, 5.41) is 11.2. The van der Waals surface area contributed by atoms with Crippen molar-refractivity contribution >= 4 is 5.91 Å². The highest BCUT2D eigenvalue weighted by Crippen LogP contribution is 2.37. The molecule has 1 unspecified atom stereocenters. The standard InChI is InChI=1S/C19H23N3O/c1-2-3-12-19(21-22-19)13-11-18(23)20-14-16-9-6-8-15-7-4-5-10-17(15)16/h1,4-5,7,10,16H,3,6,8-9,11-14H2,(H,20,23). The molecule has 1 atom stereocenters. The molecule has 4 nitrogen and oxygen atoms in total. The number of nitrogens with one attached hydrogen (secondary N) is 1. The number of carbonyl (C=O) groups excluding carboxylic acids is 1. The number of hydrogen-bond acceptors (Lipinski definition) is 3. The first kappa shape index (κ1) is 15.7. The molecule has 0 spiro atoms. The molecule has 0 aromatic heterocycles. The number of fused-ring (bicyclic) bond motifs is 1. The molecule has 1 N–H and O–H groups in total. The summed E-state index contributed by atoms with van der Waals surface area (Å²) in [6.07, 6.45) is 11.3. The van der Waals surface area contributed by atoms with Gasteiger partial charge in [0.1, 0.15) is 0 Å². The van der Waals surface area contributed by atoms with E-state index in [2.05, 4.69) is 45.7 Å². The second kappa shape index (κ2) is 6.95. The average Bonchev–Trinajstić information content (AvgIpc) is 3.36. The van der Waals surface area contributed by atoms with E-state index in [1.54, 1.807) is 0 Å². The number of benzene rings is 1. The second-order valence-corrected chi connectivity index (χ2v) is 6.48. The third kappa shape index (κ3) is 3.98. The lowest BCUT2D eigenvalue weighted by molar-refractivity contribution is -0.121. The molecule has 1 aliphatic heterocycles. The van der Waals surface area contributed by atoms with Crippen LogP contribution in [0.5, 0.6) is 0 Å². The molecule has 0 bridgehead atoms. The molecule has 0 saturated heterocycles. The minimum atomic E-state index is -0.360.